The number of aryl methyl sites for hydroxylation is 1. The second kappa shape index (κ2) is 7.38. The number of ether oxygens (including phenoxy) is 1. The summed E-state index contributed by atoms with van der Waals surface area (Å²) in [5.41, 5.74) is 1.88. The van der Waals surface area contributed by atoms with Crippen LogP contribution in [0.15, 0.2) is 36.7 Å². The standard InChI is InChI=1S/C18H23N5O2/c1-13-6-4-5-7-15(13)20-18(24)23-9-8-14(12-23)25-17-11-19-10-16(21-17)22(2)3/h4-7,10-11,14H,8-9,12H2,1-3H3,(H,20,24). The third-order valence-corrected chi connectivity index (χ3v) is 4.16. The molecule has 0 radical (unpaired) electrons. The molecule has 1 unspecified atom stereocenters. The molecule has 1 fully saturated rings. The highest BCUT2D eigenvalue weighted by atomic mass is 16.5. The van der Waals surface area contributed by atoms with Gasteiger partial charge < -0.3 is 19.9 Å². The molecule has 0 spiro atoms. The Hall–Kier alpha value is -2.83. The smallest absolute Gasteiger partial charge is 0.321 e. The van der Waals surface area contributed by atoms with E-state index in [1.165, 1.54) is 0 Å². The molecule has 1 N–H and O–H groups in total. The van der Waals surface area contributed by atoms with E-state index in [0.717, 1.165) is 23.5 Å². The van der Waals surface area contributed by atoms with Crippen molar-refractivity contribution in [3.05, 3.63) is 42.2 Å². The largest absolute Gasteiger partial charge is 0.471 e. The molecule has 3 rings (SSSR count). The van der Waals surface area contributed by atoms with Gasteiger partial charge in [-0.25, -0.2) is 4.79 Å². The van der Waals surface area contributed by atoms with Crippen molar-refractivity contribution >= 4 is 17.5 Å². The van der Waals surface area contributed by atoms with Crippen molar-refractivity contribution in [3.63, 3.8) is 0 Å². The van der Waals surface area contributed by atoms with E-state index < -0.39 is 0 Å². The molecule has 1 aromatic heterocycles. The van der Waals surface area contributed by atoms with E-state index in [9.17, 15) is 4.79 Å². The van der Waals surface area contributed by atoms with Crippen molar-refractivity contribution in [2.45, 2.75) is 19.4 Å². The SMILES string of the molecule is Cc1ccccc1NC(=O)N1CCC(Oc2cncc(N(C)C)n2)C1. The van der Waals surface area contributed by atoms with Crippen molar-refractivity contribution in [1.29, 1.82) is 0 Å². The molecule has 7 heteroatoms. The summed E-state index contributed by atoms with van der Waals surface area (Å²) >= 11 is 0. The molecule has 1 atom stereocenters. The molecule has 1 aliphatic heterocycles. The van der Waals surface area contributed by atoms with Crippen molar-refractivity contribution in [2.24, 2.45) is 0 Å². The van der Waals surface area contributed by atoms with Crippen LogP contribution in [0.2, 0.25) is 0 Å². The molecule has 7 nitrogen and oxygen atoms in total. The van der Waals surface area contributed by atoms with E-state index in [-0.39, 0.29) is 12.1 Å². The fourth-order valence-corrected chi connectivity index (χ4v) is 2.70. The summed E-state index contributed by atoms with van der Waals surface area (Å²) < 4.78 is 5.90. The molecule has 132 valence electrons. The monoisotopic (exact) mass is 341 g/mol. The lowest BCUT2D eigenvalue weighted by Crippen LogP contribution is -2.34. The number of carbonyl (C=O) groups excluding carboxylic acids is 1. The molecule has 2 amide bonds. The predicted octanol–water partition coefficient (Wildman–Crippen LogP) is 2.54. The van der Waals surface area contributed by atoms with Gasteiger partial charge in [-0.3, -0.25) is 4.98 Å². The lowest BCUT2D eigenvalue weighted by Gasteiger charge is -2.19. The maximum atomic E-state index is 12.4. The highest BCUT2D eigenvalue weighted by Crippen LogP contribution is 2.20. The van der Waals surface area contributed by atoms with Gasteiger partial charge in [0, 0.05) is 32.7 Å². The van der Waals surface area contributed by atoms with Gasteiger partial charge in [0.05, 0.1) is 18.9 Å². The number of amides is 2. The van der Waals surface area contributed by atoms with Crippen molar-refractivity contribution in [2.75, 3.05) is 37.4 Å². The number of aromatic nitrogens is 2. The summed E-state index contributed by atoms with van der Waals surface area (Å²) in [6, 6.07) is 7.64. The zero-order valence-corrected chi connectivity index (χ0v) is 14.8. The molecule has 1 saturated heterocycles. The number of likely N-dealkylation sites (tertiary alicyclic amines) is 1. The van der Waals surface area contributed by atoms with Crippen LogP contribution in [0, 0.1) is 6.92 Å². The molecule has 2 aromatic rings. The van der Waals surface area contributed by atoms with E-state index in [2.05, 4.69) is 15.3 Å². The van der Waals surface area contributed by atoms with Gasteiger partial charge in [-0.15, -0.1) is 0 Å². The molecule has 0 bridgehead atoms. The topological polar surface area (TPSA) is 70.6 Å². The third-order valence-electron chi connectivity index (χ3n) is 4.16. The quantitative estimate of drug-likeness (QED) is 0.925. The van der Waals surface area contributed by atoms with E-state index in [1.54, 1.807) is 17.3 Å². The van der Waals surface area contributed by atoms with E-state index in [4.69, 9.17) is 4.74 Å². The Morgan fingerprint density at radius 1 is 1.32 bits per heavy atom. The summed E-state index contributed by atoms with van der Waals surface area (Å²) in [6.07, 6.45) is 3.98. The zero-order valence-electron chi connectivity index (χ0n) is 14.8. The molecular formula is C18H23N5O2. The number of nitrogens with one attached hydrogen (secondary N) is 1. The zero-order chi connectivity index (χ0) is 17.8. The van der Waals surface area contributed by atoms with Gasteiger partial charge >= 0.3 is 6.03 Å². The van der Waals surface area contributed by atoms with Crippen LogP contribution in [-0.2, 0) is 0 Å². The van der Waals surface area contributed by atoms with Gasteiger partial charge in [-0.2, -0.15) is 4.98 Å². The number of rotatable bonds is 4. The predicted molar refractivity (Wildman–Crippen MR) is 97.2 cm³/mol. The first-order valence-corrected chi connectivity index (χ1v) is 8.30. The van der Waals surface area contributed by atoms with Crippen LogP contribution in [0.1, 0.15) is 12.0 Å². The minimum atomic E-state index is -0.103. The molecular weight excluding hydrogens is 318 g/mol. The van der Waals surface area contributed by atoms with Gasteiger partial charge in [-0.05, 0) is 18.6 Å². The third kappa shape index (κ3) is 4.17. The van der Waals surface area contributed by atoms with Crippen LogP contribution in [0.25, 0.3) is 0 Å². The van der Waals surface area contributed by atoms with Crippen LogP contribution in [-0.4, -0.2) is 54.2 Å². The number of urea groups is 1. The first-order chi connectivity index (χ1) is 12.0. The van der Waals surface area contributed by atoms with Gasteiger partial charge in [0.15, 0.2) is 5.82 Å². The average molecular weight is 341 g/mol. The van der Waals surface area contributed by atoms with E-state index in [1.807, 2.05) is 50.2 Å². The normalized spacial score (nSPS) is 16.6. The van der Waals surface area contributed by atoms with Crippen molar-refractivity contribution in [1.82, 2.24) is 14.9 Å². The van der Waals surface area contributed by atoms with Crippen LogP contribution in [0.5, 0.6) is 5.88 Å². The fraction of sp³-hybridized carbons (Fsp3) is 0.389. The Balaban J connectivity index is 1.57. The maximum absolute atomic E-state index is 12.4. The number of para-hydroxylation sites is 1. The van der Waals surface area contributed by atoms with Gasteiger partial charge in [0.25, 0.3) is 0 Å². The summed E-state index contributed by atoms with van der Waals surface area (Å²) in [5.74, 6) is 1.22. The number of anilines is 2. The lowest BCUT2D eigenvalue weighted by molar-refractivity contribution is 0.189. The van der Waals surface area contributed by atoms with Gasteiger partial charge in [0.1, 0.15) is 6.10 Å². The lowest BCUT2D eigenvalue weighted by atomic mass is 10.2. The summed E-state index contributed by atoms with van der Waals surface area (Å²) in [6.45, 7) is 3.16. The van der Waals surface area contributed by atoms with Crippen LogP contribution in [0.4, 0.5) is 16.3 Å². The second-order valence-electron chi connectivity index (χ2n) is 6.33. The molecule has 2 heterocycles. The molecule has 1 aromatic carbocycles. The number of carbonyl (C=O) groups is 1. The van der Waals surface area contributed by atoms with Crippen molar-refractivity contribution in [3.8, 4) is 5.88 Å². The Labute approximate surface area is 147 Å². The fourth-order valence-electron chi connectivity index (χ4n) is 2.70. The van der Waals surface area contributed by atoms with Crippen LogP contribution >= 0.6 is 0 Å². The second-order valence-corrected chi connectivity index (χ2v) is 6.33. The average Bonchev–Trinajstić information content (AvgIpc) is 3.06. The number of benzene rings is 1. The number of hydrogen-bond acceptors (Lipinski definition) is 5. The Morgan fingerprint density at radius 3 is 2.88 bits per heavy atom. The Bertz CT molecular complexity index is 750. The van der Waals surface area contributed by atoms with Gasteiger partial charge in [0.2, 0.25) is 5.88 Å². The van der Waals surface area contributed by atoms with Crippen molar-refractivity contribution < 1.29 is 9.53 Å². The van der Waals surface area contributed by atoms with Crippen LogP contribution < -0.4 is 15.0 Å². The summed E-state index contributed by atoms with van der Waals surface area (Å²) in [7, 11) is 3.81. The summed E-state index contributed by atoms with van der Waals surface area (Å²) in [4.78, 5) is 24.6. The first kappa shape index (κ1) is 17.0. The molecule has 25 heavy (non-hydrogen) atoms. The van der Waals surface area contributed by atoms with E-state index >= 15 is 0 Å². The van der Waals surface area contributed by atoms with E-state index in [0.29, 0.717) is 19.0 Å². The Kier molecular flexibility index (Phi) is 5.02. The van der Waals surface area contributed by atoms with Crippen LogP contribution in [0.3, 0.4) is 0 Å². The molecule has 0 aliphatic carbocycles. The molecule has 1 aliphatic rings. The first-order valence-electron chi connectivity index (χ1n) is 8.30. The summed E-state index contributed by atoms with van der Waals surface area (Å²) in [5, 5.41) is 2.96. The number of hydrogen-bond donors (Lipinski definition) is 1. The van der Waals surface area contributed by atoms with Gasteiger partial charge in [-0.1, -0.05) is 18.2 Å². The molecule has 0 saturated carbocycles. The maximum Gasteiger partial charge on any atom is 0.321 e. The Morgan fingerprint density at radius 2 is 2.12 bits per heavy atom. The highest BCUT2D eigenvalue weighted by Gasteiger charge is 2.28. The minimum Gasteiger partial charge on any atom is -0.471 e. The highest BCUT2D eigenvalue weighted by molar-refractivity contribution is 5.90. The number of nitrogens with zero attached hydrogens (tertiary/aromatic N) is 4. The minimum absolute atomic E-state index is 0.0747.